The fraction of sp³-hybridized carbons (Fsp3) is 0.364. The van der Waals surface area contributed by atoms with Crippen molar-refractivity contribution >= 4 is 17.9 Å². The van der Waals surface area contributed by atoms with Gasteiger partial charge in [0.25, 0.3) is 0 Å². The maximum Gasteiger partial charge on any atom is 0.143 e. The Hall–Kier alpha value is -1.10. The predicted molar refractivity (Wildman–Crippen MR) is 59.5 cm³/mol. The molecule has 0 aromatic heterocycles. The number of carbonyl (C=O) groups is 1. The first kappa shape index (κ1) is 11.4. The molecule has 2 rings (SSSR count). The van der Waals surface area contributed by atoms with Crippen LogP contribution in [0, 0.1) is 0 Å². The number of hydrogen-bond donors (Lipinski definition) is 1. The van der Waals surface area contributed by atoms with Crippen molar-refractivity contribution in [1.82, 2.24) is 4.90 Å². The lowest BCUT2D eigenvalue weighted by Crippen LogP contribution is -2.39. The van der Waals surface area contributed by atoms with Gasteiger partial charge in [0.05, 0.1) is 12.6 Å². The minimum absolute atomic E-state index is 0.00335. The van der Waals surface area contributed by atoms with Crippen LogP contribution < -0.4 is 4.74 Å². The van der Waals surface area contributed by atoms with E-state index < -0.39 is 0 Å². The quantitative estimate of drug-likeness (QED) is 0.809. The summed E-state index contributed by atoms with van der Waals surface area (Å²) in [6.07, 6.45) is 0.852. The third-order valence-corrected chi connectivity index (χ3v) is 2.82. The first-order valence-electron chi connectivity index (χ1n) is 4.98. The molecule has 86 valence electrons. The lowest BCUT2D eigenvalue weighted by atomic mass is 10.0. The maximum absolute atomic E-state index is 11.1. The minimum atomic E-state index is -0.367. The van der Waals surface area contributed by atoms with E-state index in [0.717, 1.165) is 11.8 Å². The molecule has 1 heterocycles. The Morgan fingerprint density at radius 1 is 1.62 bits per heavy atom. The number of ether oxygens (including phenoxy) is 1. The van der Waals surface area contributed by atoms with Gasteiger partial charge in [-0.1, -0.05) is 17.7 Å². The molecule has 1 unspecified atom stereocenters. The number of benzene rings is 1. The van der Waals surface area contributed by atoms with Gasteiger partial charge in [0.15, 0.2) is 0 Å². The zero-order valence-electron chi connectivity index (χ0n) is 8.60. The van der Waals surface area contributed by atoms with E-state index in [9.17, 15) is 4.79 Å². The Labute approximate surface area is 98.4 Å². The highest BCUT2D eigenvalue weighted by Crippen LogP contribution is 2.34. The molecule has 4 nitrogen and oxygen atoms in total. The molecule has 0 aliphatic carbocycles. The van der Waals surface area contributed by atoms with E-state index in [1.165, 1.54) is 0 Å². The summed E-state index contributed by atoms with van der Waals surface area (Å²) in [6, 6.07) is 4.83. The topological polar surface area (TPSA) is 49.8 Å². The monoisotopic (exact) mass is 241 g/mol. The van der Waals surface area contributed by atoms with Crippen molar-refractivity contribution in [3.63, 3.8) is 0 Å². The number of hydrogen-bond acceptors (Lipinski definition) is 4. The Morgan fingerprint density at radius 3 is 3.12 bits per heavy atom. The summed E-state index contributed by atoms with van der Waals surface area (Å²) in [4.78, 5) is 12.8. The van der Waals surface area contributed by atoms with Gasteiger partial charge in [-0.15, -0.1) is 0 Å². The molecule has 1 aliphatic heterocycles. The van der Waals surface area contributed by atoms with Crippen molar-refractivity contribution < 1.29 is 14.6 Å². The highest BCUT2D eigenvalue weighted by atomic mass is 35.5. The molecule has 1 atom stereocenters. The number of aliphatic hydroxyl groups is 1. The predicted octanol–water partition coefficient (Wildman–Crippen LogP) is 1.22. The molecule has 1 aliphatic rings. The van der Waals surface area contributed by atoms with E-state index in [4.69, 9.17) is 21.4 Å². The molecule has 0 amide bonds. The molecule has 1 aromatic carbocycles. The van der Waals surface area contributed by atoms with Gasteiger partial charge >= 0.3 is 0 Å². The molecule has 0 fully saturated rings. The third-order valence-electron chi connectivity index (χ3n) is 2.59. The van der Waals surface area contributed by atoms with Crippen molar-refractivity contribution in [3.8, 4) is 5.75 Å². The number of rotatable bonds is 3. The lowest BCUT2D eigenvalue weighted by molar-refractivity contribution is -0.115. The molecule has 1 aromatic rings. The van der Waals surface area contributed by atoms with Gasteiger partial charge in [0.2, 0.25) is 0 Å². The van der Waals surface area contributed by atoms with Crippen molar-refractivity contribution in [3.05, 3.63) is 28.8 Å². The van der Waals surface area contributed by atoms with Crippen LogP contribution in [0.25, 0.3) is 0 Å². The average Bonchev–Trinajstić information content (AvgIpc) is 2.29. The minimum Gasteiger partial charge on any atom is -0.478 e. The van der Waals surface area contributed by atoms with Gasteiger partial charge < -0.3 is 14.6 Å². The second-order valence-corrected chi connectivity index (χ2v) is 4.01. The second-order valence-electron chi connectivity index (χ2n) is 3.57. The van der Waals surface area contributed by atoms with Gasteiger partial charge in [-0.2, -0.15) is 0 Å². The van der Waals surface area contributed by atoms with Crippen molar-refractivity contribution in [2.75, 3.05) is 19.9 Å². The van der Waals surface area contributed by atoms with Crippen molar-refractivity contribution in [2.45, 2.75) is 6.04 Å². The Bertz CT molecular complexity index is 397. The van der Waals surface area contributed by atoms with Gasteiger partial charge in [-0.3, -0.25) is 4.90 Å². The standard InChI is InChI=1S/C11H12ClNO3/c12-8-1-2-9-10(6-15)13(3-4-14)7-16-11(9)5-8/h1-2,5-6,10,14H,3-4,7H2. The highest BCUT2D eigenvalue weighted by Gasteiger charge is 2.27. The van der Waals surface area contributed by atoms with Crippen LogP contribution in [-0.2, 0) is 4.79 Å². The van der Waals surface area contributed by atoms with Crippen LogP contribution >= 0.6 is 11.6 Å². The van der Waals surface area contributed by atoms with Gasteiger partial charge in [-0.05, 0) is 12.1 Å². The molecule has 0 radical (unpaired) electrons. The molecule has 0 saturated heterocycles. The highest BCUT2D eigenvalue weighted by molar-refractivity contribution is 6.30. The van der Waals surface area contributed by atoms with Gasteiger partial charge in [0, 0.05) is 17.1 Å². The largest absolute Gasteiger partial charge is 0.478 e. The number of aliphatic hydroxyl groups excluding tert-OH is 1. The summed E-state index contributed by atoms with van der Waals surface area (Å²) in [6.45, 7) is 0.694. The third kappa shape index (κ3) is 2.04. The summed E-state index contributed by atoms with van der Waals surface area (Å²) in [7, 11) is 0. The summed E-state index contributed by atoms with van der Waals surface area (Å²) < 4.78 is 5.47. The number of nitrogens with zero attached hydrogens (tertiary/aromatic N) is 1. The van der Waals surface area contributed by atoms with E-state index in [-0.39, 0.29) is 19.4 Å². The van der Waals surface area contributed by atoms with E-state index in [0.29, 0.717) is 17.3 Å². The van der Waals surface area contributed by atoms with E-state index in [2.05, 4.69) is 0 Å². The van der Waals surface area contributed by atoms with Gasteiger partial charge in [-0.25, -0.2) is 0 Å². The summed E-state index contributed by atoms with van der Waals surface area (Å²) in [5, 5.41) is 9.47. The van der Waals surface area contributed by atoms with E-state index in [1.54, 1.807) is 23.1 Å². The molecule has 0 saturated carbocycles. The molecule has 1 N–H and O–H groups in total. The zero-order chi connectivity index (χ0) is 11.5. The number of aldehydes is 1. The van der Waals surface area contributed by atoms with Crippen LogP contribution in [0.15, 0.2) is 18.2 Å². The summed E-state index contributed by atoms with van der Waals surface area (Å²) in [5.41, 5.74) is 0.791. The molecule has 5 heteroatoms. The molecular formula is C11H12ClNO3. The Balaban J connectivity index is 2.33. The molecule has 0 spiro atoms. The normalized spacial score (nSPS) is 20.0. The number of β-amino-alcohol motifs (C(OH)–C–C–N with tert-alkyl or cyclic N) is 1. The van der Waals surface area contributed by atoms with Crippen LogP contribution in [-0.4, -0.2) is 36.2 Å². The lowest BCUT2D eigenvalue weighted by Gasteiger charge is -2.33. The summed E-state index contributed by atoms with van der Waals surface area (Å²) in [5.74, 6) is 0.638. The molecular weight excluding hydrogens is 230 g/mol. The Kier molecular flexibility index (Phi) is 3.43. The van der Waals surface area contributed by atoms with Crippen molar-refractivity contribution in [2.24, 2.45) is 0 Å². The number of carbonyl (C=O) groups excluding carboxylic acids is 1. The van der Waals surface area contributed by atoms with Crippen LogP contribution in [0.2, 0.25) is 5.02 Å². The van der Waals surface area contributed by atoms with Crippen LogP contribution in [0.4, 0.5) is 0 Å². The summed E-state index contributed by atoms with van der Waals surface area (Å²) >= 11 is 5.84. The number of fused-ring (bicyclic) bond motifs is 1. The SMILES string of the molecule is O=CC1c2ccc(Cl)cc2OCN1CCO. The van der Waals surface area contributed by atoms with E-state index in [1.807, 2.05) is 0 Å². The fourth-order valence-electron chi connectivity index (χ4n) is 1.80. The Morgan fingerprint density at radius 2 is 2.44 bits per heavy atom. The van der Waals surface area contributed by atoms with Crippen LogP contribution in [0.5, 0.6) is 5.75 Å². The van der Waals surface area contributed by atoms with Crippen LogP contribution in [0.3, 0.4) is 0 Å². The van der Waals surface area contributed by atoms with E-state index >= 15 is 0 Å². The smallest absolute Gasteiger partial charge is 0.143 e. The van der Waals surface area contributed by atoms with Crippen molar-refractivity contribution in [1.29, 1.82) is 0 Å². The first-order valence-corrected chi connectivity index (χ1v) is 5.36. The molecule has 0 bridgehead atoms. The number of halogens is 1. The second kappa shape index (κ2) is 4.82. The van der Waals surface area contributed by atoms with Gasteiger partial charge in [0.1, 0.15) is 18.8 Å². The van der Waals surface area contributed by atoms with Crippen LogP contribution in [0.1, 0.15) is 11.6 Å². The average molecular weight is 242 g/mol. The molecule has 16 heavy (non-hydrogen) atoms. The zero-order valence-corrected chi connectivity index (χ0v) is 9.35. The fourth-order valence-corrected chi connectivity index (χ4v) is 1.96. The first-order chi connectivity index (χ1) is 7.76. The maximum atomic E-state index is 11.1.